The molecule has 0 aliphatic rings. The molecule has 0 aromatic carbocycles. The van der Waals surface area contributed by atoms with E-state index in [0.717, 1.165) is 12.0 Å². The van der Waals surface area contributed by atoms with Crippen LogP contribution >= 0.6 is 0 Å². The number of carbonyl (C=O) groups excluding carboxylic acids is 1. The first-order valence-corrected chi connectivity index (χ1v) is 3.88. The quantitative estimate of drug-likeness (QED) is 0.601. The highest BCUT2D eigenvalue weighted by Crippen LogP contribution is 2.16. The van der Waals surface area contributed by atoms with Crippen LogP contribution < -0.4 is 11.1 Å². The molecule has 0 aliphatic carbocycles. The third kappa shape index (κ3) is 1.28. The Bertz CT molecular complexity index is 290. The van der Waals surface area contributed by atoms with Crippen LogP contribution in [0, 0.1) is 0 Å². The van der Waals surface area contributed by atoms with Crippen molar-refractivity contribution in [3.8, 4) is 0 Å². The van der Waals surface area contributed by atoms with E-state index in [1.807, 2.05) is 6.92 Å². The number of hydrogen-bond donors (Lipinski definition) is 3. The summed E-state index contributed by atoms with van der Waals surface area (Å²) < 4.78 is 0. The van der Waals surface area contributed by atoms with Crippen LogP contribution in [-0.4, -0.2) is 17.9 Å². The maximum absolute atomic E-state index is 11.1. The zero-order valence-corrected chi connectivity index (χ0v) is 7.27. The molecule has 1 aromatic rings. The van der Waals surface area contributed by atoms with Crippen LogP contribution in [0.2, 0.25) is 0 Å². The predicted octanol–water partition coefficient (Wildman–Crippen LogP) is 0.519. The van der Waals surface area contributed by atoms with Gasteiger partial charge in [-0.05, 0) is 12.0 Å². The summed E-state index contributed by atoms with van der Waals surface area (Å²) in [5, 5.41) is 2.51. The van der Waals surface area contributed by atoms with Gasteiger partial charge in [-0.3, -0.25) is 4.79 Å². The molecule has 4 N–H and O–H groups in total. The molecule has 66 valence electrons. The van der Waals surface area contributed by atoms with Gasteiger partial charge in [0.05, 0.1) is 5.69 Å². The van der Waals surface area contributed by atoms with Crippen molar-refractivity contribution in [1.29, 1.82) is 0 Å². The Morgan fingerprint density at radius 2 is 2.42 bits per heavy atom. The molecule has 0 saturated carbocycles. The molecule has 1 aromatic heterocycles. The number of nitrogens with one attached hydrogen (secondary N) is 2. The molecule has 0 fully saturated rings. The molecule has 4 nitrogen and oxygen atoms in total. The molecule has 12 heavy (non-hydrogen) atoms. The van der Waals surface area contributed by atoms with Gasteiger partial charge >= 0.3 is 0 Å². The summed E-state index contributed by atoms with van der Waals surface area (Å²) in [7, 11) is 1.58. The number of nitrogen functional groups attached to an aromatic ring is 1. The lowest BCUT2D eigenvalue weighted by Gasteiger charge is -1.98. The van der Waals surface area contributed by atoms with Crippen LogP contribution in [0.25, 0.3) is 0 Å². The van der Waals surface area contributed by atoms with Gasteiger partial charge in [0.2, 0.25) is 0 Å². The van der Waals surface area contributed by atoms with Gasteiger partial charge < -0.3 is 16.0 Å². The van der Waals surface area contributed by atoms with Crippen LogP contribution in [-0.2, 0) is 6.42 Å². The minimum Gasteiger partial charge on any atom is -0.397 e. The first kappa shape index (κ1) is 8.64. The predicted molar refractivity (Wildman–Crippen MR) is 48.0 cm³/mol. The lowest BCUT2D eigenvalue weighted by atomic mass is 10.2. The third-order valence-corrected chi connectivity index (χ3v) is 1.84. The fourth-order valence-electron chi connectivity index (χ4n) is 1.08. The van der Waals surface area contributed by atoms with Gasteiger partial charge in [0.25, 0.3) is 5.91 Å². The van der Waals surface area contributed by atoms with E-state index in [0.29, 0.717) is 11.4 Å². The second kappa shape index (κ2) is 3.30. The molecule has 1 amide bonds. The molecule has 0 aliphatic heterocycles. The van der Waals surface area contributed by atoms with Crippen LogP contribution in [0.5, 0.6) is 0 Å². The molecular formula is C8H13N3O. The van der Waals surface area contributed by atoms with Crippen molar-refractivity contribution in [2.45, 2.75) is 13.3 Å². The van der Waals surface area contributed by atoms with Gasteiger partial charge in [-0.1, -0.05) is 6.92 Å². The number of aromatic amines is 1. The average molecular weight is 167 g/mol. The molecular weight excluding hydrogens is 154 g/mol. The summed E-state index contributed by atoms with van der Waals surface area (Å²) in [6.07, 6.45) is 2.60. The Labute approximate surface area is 71.2 Å². The van der Waals surface area contributed by atoms with E-state index in [1.54, 1.807) is 13.2 Å². The largest absolute Gasteiger partial charge is 0.397 e. The summed E-state index contributed by atoms with van der Waals surface area (Å²) in [6, 6.07) is 0. The van der Waals surface area contributed by atoms with Gasteiger partial charge in [-0.25, -0.2) is 0 Å². The minimum atomic E-state index is -0.174. The molecule has 0 unspecified atom stereocenters. The number of nitrogens with two attached hydrogens (primary N) is 1. The molecule has 0 spiro atoms. The SMILES string of the molecule is CCc1c[nH]c(C(=O)NC)c1N. The Hall–Kier alpha value is -1.45. The fraction of sp³-hybridized carbons (Fsp3) is 0.375. The van der Waals surface area contributed by atoms with E-state index in [9.17, 15) is 4.79 Å². The van der Waals surface area contributed by atoms with E-state index < -0.39 is 0 Å². The van der Waals surface area contributed by atoms with Gasteiger partial charge in [-0.15, -0.1) is 0 Å². The van der Waals surface area contributed by atoms with Gasteiger partial charge in [0.15, 0.2) is 0 Å². The fourth-order valence-corrected chi connectivity index (χ4v) is 1.08. The number of amides is 1. The molecule has 0 bridgehead atoms. The van der Waals surface area contributed by atoms with E-state index in [-0.39, 0.29) is 5.91 Å². The van der Waals surface area contributed by atoms with Gasteiger partial charge in [-0.2, -0.15) is 0 Å². The Morgan fingerprint density at radius 1 is 1.75 bits per heavy atom. The van der Waals surface area contributed by atoms with Gasteiger partial charge in [0, 0.05) is 13.2 Å². The van der Waals surface area contributed by atoms with Crippen LogP contribution in [0.3, 0.4) is 0 Å². The van der Waals surface area contributed by atoms with E-state index >= 15 is 0 Å². The van der Waals surface area contributed by atoms with Crippen LogP contribution in [0.1, 0.15) is 23.0 Å². The maximum Gasteiger partial charge on any atom is 0.269 e. The number of H-pyrrole nitrogens is 1. The maximum atomic E-state index is 11.1. The van der Waals surface area contributed by atoms with Crippen molar-refractivity contribution < 1.29 is 4.79 Å². The molecule has 1 heterocycles. The second-order valence-corrected chi connectivity index (χ2v) is 2.54. The van der Waals surface area contributed by atoms with E-state index in [2.05, 4.69) is 10.3 Å². The summed E-state index contributed by atoms with van der Waals surface area (Å²) in [6.45, 7) is 1.99. The van der Waals surface area contributed by atoms with Crippen LogP contribution in [0.15, 0.2) is 6.20 Å². The Kier molecular flexibility index (Phi) is 2.38. The lowest BCUT2D eigenvalue weighted by Crippen LogP contribution is -2.19. The van der Waals surface area contributed by atoms with Crippen molar-refractivity contribution in [1.82, 2.24) is 10.3 Å². The number of anilines is 1. The zero-order chi connectivity index (χ0) is 9.14. The number of rotatable bonds is 2. The first-order chi connectivity index (χ1) is 5.70. The first-order valence-electron chi connectivity index (χ1n) is 3.88. The molecule has 0 atom stereocenters. The van der Waals surface area contributed by atoms with Gasteiger partial charge in [0.1, 0.15) is 5.69 Å². The highest BCUT2D eigenvalue weighted by molar-refractivity contribution is 5.97. The van der Waals surface area contributed by atoms with Crippen molar-refractivity contribution in [2.24, 2.45) is 0 Å². The minimum absolute atomic E-state index is 0.174. The molecule has 0 saturated heterocycles. The number of aryl methyl sites for hydroxylation is 1. The summed E-state index contributed by atoms with van der Waals surface area (Å²) in [4.78, 5) is 14.0. The Morgan fingerprint density at radius 3 is 2.83 bits per heavy atom. The highest BCUT2D eigenvalue weighted by atomic mass is 16.1. The second-order valence-electron chi connectivity index (χ2n) is 2.54. The van der Waals surface area contributed by atoms with E-state index in [4.69, 9.17) is 5.73 Å². The number of hydrogen-bond acceptors (Lipinski definition) is 2. The molecule has 1 rings (SSSR count). The zero-order valence-electron chi connectivity index (χ0n) is 7.27. The normalized spacial score (nSPS) is 9.83. The monoisotopic (exact) mass is 167 g/mol. The Balaban J connectivity index is 3.02. The molecule has 4 heteroatoms. The third-order valence-electron chi connectivity index (χ3n) is 1.84. The van der Waals surface area contributed by atoms with Crippen LogP contribution in [0.4, 0.5) is 5.69 Å². The van der Waals surface area contributed by atoms with Crippen molar-refractivity contribution in [3.05, 3.63) is 17.5 Å². The average Bonchev–Trinajstić information content (AvgIpc) is 2.45. The highest BCUT2D eigenvalue weighted by Gasteiger charge is 2.11. The number of carbonyl (C=O) groups is 1. The van der Waals surface area contributed by atoms with Crippen molar-refractivity contribution in [3.63, 3.8) is 0 Å². The smallest absolute Gasteiger partial charge is 0.269 e. The summed E-state index contributed by atoms with van der Waals surface area (Å²) in [5.74, 6) is -0.174. The molecule has 0 radical (unpaired) electrons. The topological polar surface area (TPSA) is 70.9 Å². The van der Waals surface area contributed by atoms with E-state index in [1.165, 1.54) is 0 Å². The lowest BCUT2D eigenvalue weighted by molar-refractivity contribution is 0.0959. The summed E-state index contributed by atoms with van der Waals surface area (Å²) in [5.41, 5.74) is 7.68. The number of aromatic nitrogens is 1. The summed E-state index contributed by atoms with van der Waals surface area (Å²) >= 11 is 0. The van der Waals surface area contributed by atoms with Crippen molar-refractivity contribution in [2.75, 3.05) is 12.8 Å². The standard InChI is InChI=1S/C8H13N3O/c1-3-5-4-11-7(6(5)9)8(12)10-2/h4,11H,3,9H2,1-2H3,(H,10,12). The van der Waals surface area contributed by atoms with Crippen molar-refractivity contribution >= 4 is 11.6 Å².